The molecule has 2 rings (SSSR count). The standard InChI is InChI=1S/C17H14F2N2O7/c1-26-12-6-7-14(13(8-12)21(24)25)27-9-15(22)20-16(23)10-2-4-11(5-3-10)28-17(18)19/h2-8,17H,9H2,1H3,(H,20,22,23). The molecule has 0 heterocycles. The number of rotatable bonds is 8. The van der Waals surface area contributed by atoms with Crippen LogP contribution in [0.3, 0.4) is 0 Å². The lowest BCUT2D eigenvalue weighted by Crippen LogP contribution is -2.34. The normalized spacial score (nSPS) is 10.3. The van der Waals surface area contributed by atoms with Crippen LogP contribution in [0.2, 0.25) is 0 Å². The molecule has 0 bridgehead atoms. The van der Waals surface area contributed by atoms with Crippen molar-refractivity contribution in [3.8, 4) is 17.2 Å². The molecule has 148 valence electrons. The molecule has 2 aromatic rings. The molecule has 0 atom stereocenters. The van der Waals surface area contributed by atoms with Crippen molar-refractivity contribution in [3.63, 3.8) is 0 Å². The van der Waals surface area contributed by atoms with E-state index in [1.54, 1.807) is 0 Å². The number of ether oxygens (including phenoxy) is 3. The van der Waals surface area contributed by atoms with Gasteiger partial charge in [-0.25, -0.2) is 0 Å². The van der Waals surface area contributed by atoms with Crippen LogP contribution >= 0.6 is 0 Å². The van der Waals surface area contributed by atoms with Crippen LogP contribution in [0.15, 0.2) is 42.5 Å². The Balaban J connectivity index is 1.95. The summed E-state index contributed by atoms with van der Waals surface area (Å²) in [6, 6.07) is 8.46. The zero-order valence-electron chi connectivity index (χ0n) is 14.4. The van der Waals surface area contributed by atoms with Gasteiger partial charge in [-0.2, -0.15) is 8.78 Å². The fourth-order valence-corrected chi connectivity index (χ4v) is 2.05. The SMILES string of the molecule is COc1ccc(OCC(=O)NC(=O)c2ccc(OC(F)F)cc2)c([N+](=O)[O-])c1. The van der Waals surface area contributed by atoms with Crippen LogP contribution in [0.25, 0.3) is 0 Å². The predicted octanol–water partition coefficient (Wildman–Crippen LogP) is 2.54. The zero-order valence-corrected chi connectivity index (χ0v) is 14.4. The molecule has 0 radical (unpaired) electrons. The Hall–Kier alpha value is -3.76. The van der Waals surface area contributed by atoms with Crippen molar-refractivity contribution in [2.24, 2.45) is 0 Å². The highest BCUT2D eigenvalue weighted by Crippen LogP contribution is 2.30. The van der Waals surface area contributed by atoms with E-state index in [1.807, 2.05) is 5.32 Å². The van der Waals surface area contributed by atoms with E-state index >= 15 is 0 Å². The van der Waals surface area contributed by atoms with E-state index in [2.05, 4.69) is 4.74 Å². The Labute approximate surface area is 157 Å². The summed E-state index contributed by atoms with van der Waals surface area (Å²) in [5, 5.41) is 13.1. The van der Waals surface area contributed by atoms with Crippen LogP contribution in [0.5, 0.6) is 17.2 Å². The molecular formula is C17H14F2N2O7. The molecule has 28 heavy (non-hydrogen) atoms. The molecule has 9 nitrogen and oxygen atoms in total. The number of halogens is 2. The molecule has 0 aliphatic heterocycles. The number of nitrogens with zero attached hydrogens (tertiary/aromatic N) is 1. The number of carbonyl (C=O) groups is 2. The van der Waals surface area contributed by atoms with Crippen molar-refractivity contribution in [3.05, 3.63) is 58.1 Å². The van der Waals surface area contributed by atoms with Crippen molar-refractivity contribution in [1.29, 1.82) is 0 Å². The number of hydrogen-bond donors (Lipinski definition) is 1. The third-order valence-electron chi connectivity index (χ3n) is 3.32. The molecule has 2 amide bonds. The summed E-state index contributed by atoms with van der Waals surface area (Å²) in [4.78, 5) is 34.1. The van der Waals surface area contributed by atoms with Gasteiger partial charge in [0.15, 0.2) is 12.4 Å². The van der Waals surface area contributed by atoms with Crippen molar-refractivity contribution in [1.82, 2.24) is 5.32 Å². The first-order chi connectivity index (χ1) is 13.3. The number of nitro benzene ring substituents is 1. The highest BCUT2D eigenvalue weighted by Gasteiger charge is 2.18. The van der Waals surface area contributed by atoms with E-state index in [4.69, 9.17) is 9.47 Å². The molecule has 0 fully saturated rings. The lowest BCUT2D eigenvalue weighted by molar-refractivity contribution is -0.385. The van der Waals surface area contributed by atoms with E-state index < -0.39 is 35.6 Å². The van der Waals surface area contributed by atoms with Crippen LogP contribution in [0.1, 0.15) is 10.4 Å². The lowest BCUT2D eigenvalue weighted by atomic mass is 10.2. The zero-order chi connectivity index (χ0) is 20.7. The minimum absolute atomic E-state index is 0.0189. The monoisotopic (exact) mass is 396 g/mol. The van der Waals surface area contributed by atoms with Gasteiger partial charge in [0, 0.05) is 5.56 Å². The Morgan fingerprint density at radius 2 is 1.79 bits per heavy atom. The minimum Gasteiger partial charge on any atom is -0.496 e. The second kappa shape index (κ2) is 9.26. The molecule has 1 N–H and O–H groups in total. The Bertz CT molecular complexity index is 872. The molecule has 11 heteroatoms. The largest absolute Gasteiger partial charge is 0.496 e. The van der Waals surface area contributed by atoms with E-state index in [0.717, 1.165) is 18.2 Å². The fraction of sp³-hybridized carbons (Fsp3) is 0.176. The number of benzene rings is 2. The summed E-state index contributed by atoms with van der Waals surface area (Å²) < 4.78 is 38.3. The second-order valence-electron chi connectivity index (χ2n) is 5.16. The van der Waals surface area contributed by atoms with Gasteiger partial charge < -0.3 is 14.2 Å². The summed E-state index contributed by atoms with van der Waals surface area (Å²) in [6.45, 7) is -3.66. The van der Waals surface area contributed by atoms with Crippen molar-refractivity contribution in [2.75, 3.05) is 13.7 Å². The lowest BCUT2D eigenvalue weighted by Gasteiger charge is -2.09. The molecule has 0 saturated heterocycles. The van der Waals surface area contributed by atoms with E-state index in [-0.39, 0.29) is 22.8 Å². The second-order valence-corrected chi connectivity index (χ2v) is 5.16. The smallest absolute Gasteiger partial charge is 0.387 e. The Kier molecular flexibility index (Phi) is 6.79. The van der Waals surface area contributed by atoms with Crippen molar-refractivity contribution >= 4 is 17.5 Å². The molecule has 0 unspecified atom stereocenters. The minimum atomic E-state index is -3.00. The van der Waals surface area contributed by atoms with Gasteiger partial charge in [-0.1, -0.05) is 0 Å². The Morgan fingerprint density at radius 3 is 2.36 bits per heavy atom. The van der Waals surface area contributed by atoms with E-state index in [9.17, 15) is 28.5 Å². The van der Waals surface area contributed by atoms with Gasteiger partial charge in [-0.3, -0.25) is 25.0 Å². The van der Waals surface area contributed by atoms with Crippen LogP contribution in [-0.4, -0.2) is 37.1 Å². The van der Waals surface area contributed by atoms with Crippen molar-refractivity contribution < 1.29 is 37.5 Å². The summed E-state index contributed by atoms with van der Waals surface area (Å²) in [5.74, 6) is -1.75. The summed E-state index contributed by atoms with van der Waals surface area (Å²) >= 11 is 0. The topological polar surface area (TPSA) is 117 Å². The maximum absolute atomic E-state index is 12.1. The first kappa shape index (κ1) is 20.6. The maximum Gasteiger partial charge on any atom is 0.387 e. The molecule has 2 aromatic carbocycles. The number of carbonyl (C=O) groups excluding carboxylic acids is 2. The predicted molar refractivity (Wildman–Crippen MR) is 90.7 cm³/mol. The summed E-state index contributed by atoms with van der Waals surface area (Å²) in [7, 11) is 1.34. The van der Waals surface area contributed by atoms with E-state index in [0.29, 0.717) is 0 Å². The molecule has 0 aliphatic rings. The first-order valence-corrected chi connectivity index (χ1v) is 7.64. The molecular weight excluding hydrogens is 382 g/mol. The average molecular weight is 396 g/mol. The molecule has 0 aliphatic carbocycles. The number of alkyl halides is 2. The highest BCUT2D eigenvalue weighted by atomic mass is 19.3. The van der Waals surface area contributed by atoms with Crippen LogP contribution in [-0.2, 0) is 4.79 Å². The number of imide groups is 1. The third kappa shape index (κ3) is 5.62. The number of hydrogen-bond acceptors (Lipinski definition) is 7. The fourth-order valence-electron chi connectivity index (χ4n) is 2.05. The van der Waals surface area contributed by atoms with Gasteiger partial charge in [0.1, 0.15) is 11.5 Å². The van der Waals surface area contributed by atoms with Crippen molar-refractivity contribution in [2.45, 2.75) is 6.61 Å². The van der Waals surface area contributed by atoms with Gasteiger partial charge in [0.2, 0.25) is 0 Å². The van der Waals surface area contributed by atoms with Gasteiger partial charge >= 0.3 is 12.3 Å². The Morgan fingerprint density at radius 1 is 1.14 bits per heavy atom. The highest BCUT2D eigenvalue weighted by molar-refractivity contribution is 6.05. The number of nitro groups is 1. The quantitative estimate of drug-likeness (QED) is 0.538. The number of nitrogens with one attached hydrogen (secondary N) is 1. The number of methoxy groups -OCH3 is 1. The maximum atomic E-state index is 12.1. The van der Waals surface area contributed by atoms with Gasteiger partial charge in [0.05, 0.1) is 18.1 Å². The summed E-state index contributed by atoms with van der Waals surface area (Å²) in [5.41, 5.74) is -0.390. The van der Waals surface area contributed by atoms with Crippen LogP contribution in [0.4, 0.5) is 14.5 Å². The molecule has 0 spiro atoms. The van der Waals surface area contributed by atoms with Gasteiger partial charge in [-0.15, -0.1) is 0 Å². The van der Waals surface area contributed by atoms with Gasteiger partial charge in [0.25, 0.3) is 11.8 Å². The van der Waals surface area contributed by atoms with Crippen LogP contribution in [0, 0.1) is 10.1 Å². The van der Waals surface area contributed by atoms with Crippen LogP contribution < -0.4 is 19.5 Å². The molecule has 0 saturated carbocycles. The summed E-state index contributed by atoms with van der Waals surface area (Å²) in [6.07, 6.45) is 0. The first-order valence-electron chi connectivity index (χ1n) is 7.64. The third-order valence-corrected chi connectivity index (χ3v) is 3.32. The molecule has 0 aromatic heterocycles. The van der Waals surface area contributed by atoms with Gasteiger partial charge in [-0.05, 0) is 36.4 Å². The van der Waals surface area contributed by atoms with E-state index in [1.165, 1.54) is 31.4 Å². The average Bonchev–Trinajstić information content (AvgIpc) is 2.66. The number of amides is 2.